The first kappa shape index (κ1) is 13.3. The van der Waals surface area contributed by atoms with Crippen LogP contribution in [0.25, 0.3) is 0 Å². The highest BCUT2D eigenvalue weighted by molar-refractivity contribution is 5.90. The van der Waals surface area contributed by atoms with Crippen LogP contribution in [0.5, 0.6) is 0 Å². The standard InChI is InChI=1S/C14H17N3O2/c1-11-8-15-17(9-11)6-5-14(19)16-13-4-2-3-12(7-13)10-18/h2-4,7-9,18H,5-6,10H2,1H3,(H,16,19). The molecule has 0 fully saturated rings. The lowest BCUT2D eigenvalue weighted by Gasteiger charge is -2.06. The molecule has 1 aromatic carbocycles. The summed E-state index contributed by atoms with van der Waals surface area (Å²) in [6.45, 7) is 2.49. The summed E-state index contributed by atoms with van der Waals surface area (Å²) in [5.41, 5.74) is 2.56. The Morgan fingerprint density at radius 1 is 1.47 bits per heavy atom. The van der Waals surface area contributed by atoms with Crippen molar-refractivity contribution in [3.05, 3.63) is 47.8 Å². The van der Waals surface area contributed by atoms with E-state index >= 15 is 0 Å². The second kappa shape index (κ2) is 6.15. The fraction of sp³-hybridized carbons (Fsp3) is 0.286. The minimum Gasteiger partial charge on any atom is -0.392 e. The van der Waals surface area contributed by atoms with Gasteiger partial charge in [-0.2, -0.15) is 5.10 Å². The van der Waals surface area contributed by atoms with Crippen LogP contribution >= 0.6 is 0 Å². The molecule has 0 aliphatic carbocycles. The third-order valence-corrected chi connectivity index (χ3v) is 2.72. The van der Waals surface area contributed by atoms with Crippen molar-refractivity contribution in [3.8, 4) is 0 Å². The molecule has 5 nitrogen and oxygen atoms in total. The van der Waals surface area contributed by atoms with E-state index in [4.69, 9.17) is 5.11 Å². The average Bonchev–Trinajstić information content (AvgIpc) is 2.82. The molecule has 0 unspecified atom stereocenters. The number of nitrogens with one attached hydrogen (secondary N) is 1. The first-order chi connectivity index (χ1) is 9.17. The van der Waals surface area contributed by atoms with Crippen molar-refractivity contribution in [2.24, 2.45) is 0 Å². The van der Waals surface area contributed by atoms with Crippen LogP contribution in [-0.4, -0.2) is 20.8 Å². The van der Waals surface area contributed by atoms with E-state index < -0.39 is 0 Å². The van der Waals surface area contributed by atoms with Gasteiger partial charge in [0.05, 0.1) is 12.8 Å². The van der Waals surface area contributed by atoms with E-state index in [1.807, 2.05) is 19.2 Å². The van der Waals surface area contributed by atoms with Gasteiger partial charge in [-0.25, -0.2) is 0 Å². The van der Waals surface area contributed by atoms with Crippen LogP contribution in [0, 0.1) is 6.92 Å². The number of rotatable bonds is 5. The van der Waals surface area contributed by atoms with E-state index in [0.717, 1.165) is 11.1 Å². The zero-order valence-corrected chi connectivity index (χ0v) is 10.8. The zero-order chi connectivity index (χ0) is 13.7. The van der Waals surface area contributed by atoms with Crippen LogP contribution in [0.4, 0.5) is 5.69 Å². The number of carbonyl (C=O) groups is 1. The second-order valence-electron chi connectivity index (χ2n) is 4.44. The summed E-state index contributed by atoms with van der Waals surface area (Å²) >= 11 is 0. The molecule has 2 rings (SSSR count). The number of aliphatic hydroxyl groups excluding tert-OH is 1. The van der Waals surface area contributed by atoms with E-state index in [-0.39, 0.29) is 12.5 Å². The highest BCUT2D eigenvalue weighted by Gasteiger charge is 2.04. The van der Waals surface area contributed by atoms with E-state index in [1.54, 1.807) is 29.1 Å². The van der Waals surface area contributed by atoms with Crippen molar-refractivity contribution < 1.29 is 9.90 Å². The average molecular weight is 259 g/mol. The lowest BCUT2D eigenvalue weighted by molar-refractivity contribution is -0.116. The number of anilines is 1. The summed E-state index contributed by atoms with van der Waals surface area (Å²) < 4.78 is 1.75. The van der Waals surface area contributed by atoms with Crippen LogP contribution in [0.15, 0.2) is 36.7 Å². The number of aliphatic hydroxyl groups is 1. The van der Waals surface area contributed by atoms with Crippen LogP contribution in [0.3, 0.4) is 0 Å². The van der Waals surface area contributed by atoms with Gasteiger partial charge in [0.2, 0.25) is 5.91 Å². The van der Waals surface area contributed by atoms with Crippen molar-refractivity contribution in [1.29, 1.82) is 0 Å². The molecule has 1 amide bonds. The fourth-order valence-corrected chi connectivity index (χ4v) is 1.78. The van der Waals surface area contributed by atoms with Gasteiger partial charge < -0.3 is 10.4 Å². The number of hydrogen-bond donors (Lipinski definition) is 2. The summed E-state index contributed by atoms with van der Waals surface area (Å²) in [7, 11) is 0. The molecule has 1 aromatic heterocycles. The number of carbonyl (C=O) groups excluding carboxylic acids is 1. The fourth-order valence-electron chi connectivity index (χ4n) is 1.78. The SMILES string of the molecule is Cc1cnn(CCC(=O)Nc2cccc(CO)c2)c1. The molecule has 0 saturated carbocycles. The maximum absolute atomic E-state index is 11.8. The molecular weight excluding hydrogens is 242 g/mol. The number of aryl methyl sites for hydroxylation is 2. The zero-order valence-electron chi connectivity index (χ0n) is 10.8. The van der Waals surface area contributed by atoms with Crippen LogP contribution in [-0.2, 0) is 17.9 Å². The summed E-state index contributed by atoms with van der Waals surface area (Å²) in [6, 6.07) is 7.17. The Labute approximate surface area is 111 Å². The molecule has 0 aliphatic rings. The van der Waals surface area contributed by atoms with Gasteiger partial charge in [-0.15, -0.1) is 0 Å². The molecular formula is C14H17N3O2. The summed E-state index contributed by atoms with van der Waals surface area (Å²) in [5, 5.41) is 16.0. The van der Waals surface area contributed by atoms with E-state index in [1.165, 1.54) is 0 Å². The number of amides is 1. The number of nitrogens with zero attached hydrogens (tertiary/aromatic N) is 2. The van der Waals surface area contributed by atoms with Crippen LogP contribution in [0.2, 0.25) is 0 Å². The molecule has 100 valence electrons. The largest absolute Gasteiger partial charge is 0.392 e. The number of aromatic nitrogens is 2. The Morgan fingerprint density at radius 3 is 3.00 bits per heavy atom. The minimum atomic E-state index is -0.0664. The third-order valence-electron chi connectivity index (χ3n) is 2.72. The van der Waals surface area contributed by atoms with Gasteiger partial charge >= 0.3 is 0 Å². The van der Waals surface area contributed by atoms with E-state index in [9.17, 15) is 4.79 Å². The summed E-state index contributed by atoms with van der Waals surface area (Å²) in [4.78, 5) is 11.8. The van der Waals surface area contributed by atoms with E-state index in [0.29, 0.717) is 18.7 Å². The maximum Gasteiger partial charge on any atom is 0.226 e. The molecule has 5 heteroatoms. The molecule has 19 heavy (non-hydrogen) atoms. The van der Waals surface area contributed by atoms with Gasteiger partial charge in [0.1, 0.15) is 0 Å². The molecule has 0 aliphatic heterocycles. The van der Waals surface area contributed by atoms with Crippen molar-refractivity contribution in [2.45, 2.75) is 26.5 Å². The van der Waals surface area contributed by atoms with Crippen molar-refractivity contribution in [3.63, 3.8) is 0 Å². The van der Waals surface area contributed by atoms with Gasteiger partial charge in [0.25, 0.3) is 0 Å². The predicted molar refractivity (Wildman–Crippen MR) is 72.6 cm³/mol. The highest BCUT2D eigenvalue weighted by atomic mass is 16.3. The van der Waals surface area contributed by atoms with Gasteiger partial charge in [0, 0.05) is 24.8 Å². The monoisotopic (exact) mass is 259 g/mol. The molecule has 0 spiro atoms. The van der Waals surface area contributed by atoms with Gasteiger partial charge in [-0.1, -0.05) is 12.1 Å². The number of hydrogen-bond acceptors (Lipinski definition) is 3. The van der Waals surface area contributed by atoms with Gasteiger partial charge in [-0.3, -0.25) is 9.48 Å². The topological polar surface area (TPSA) is 67.2 Å². The minimum absolute atomic E-state index is 0.0315. The van der Waals surface area contributed by atoms with Crippen molar-refractivity contribution >= 4 is 11.6 Å². The highest BCUT2D eigenvalue weighted by Crippen LogP contribution is 2.11. The Kier molecular flexibility index (Phi) is 4.30. The molecule has 1 heterocycles. The molecule has 2 aromatic rings. The number of benzene rings is 1. The molecule has 0 saturated heterocycles. The molecule has 2 N–H and O–H groups in total. The van der Waals surface area contributed by atoms with Gasteiger partial charge in [0.15, 0.2) is 0 Å². The smallest absolute Gasteiger partial charge is 0.226 e. The Bertz CT molecular complexity index is 563. The normalized spacial score (nSPS) is 10.4. The molecule has 0 radical (unpaired) electrons. The lowest BCUT2D eigenvalue weighted by atomic mass is 10.2. The molecule has 0 bridgehead atoms. The third kappa shape index (κ3) is 3.93. The quantitative estimate of drug-likeness (QED) is 0.859. The lowest BCUT2D eigenvalue weighted by Crippen LogP contribution is -2.14. The van der Waals surface area contributed by atoms with Gasteiger partial charge in [-0.05, 0) is 30.2 Å². The van der Waals surface area contributed by atoms with Crippen molar-refractivity contribution in [1.82, 2.24) is 9.78 Å². The van der Waals surface area contributed by atoms with E-state index in [2.05, 4.69) is 10.4 Å². The summed E-state index contributed by atoms with van der Waals surface area (Å²) in [6.07, 6.45) is 4.03. The maximum atomic E-state index is 11.8. The van der Waals surface area contributed by atoms with Crippen molar-refractivity contribution in [2.75, 3.05) is 5.32 Å². The summed E-state index contributed by atoms with van der Waals surface area (Å²) in [5.74, 6) is -0.0664. The Hall–Kier alpha value is -2.14. The first-order valence-corrected chi connectivity index (χ1v) is 6.16. The predicted octanol–water partition coefficient (Wildman–Crippen LogP) is 1.71. The second-order valence-corrected chi connectivity index (χ2v) is 4.44. The first-order valence-electron chi connectivity index (χ1n) is 6.16. The van der Waals surface area contributed by atoms with Crippen LogP contribution < -0.4 is 5.32 Å². The Morgan fingerprint density at radius 2 is 2.32 bits per heavy atom. The Balaban J connectivity index is 1.86. The molecule has 0 atom stereocenters. The van der Waals surface area contributed by atoms with Crippen LogP contribution in [0.1, 0.15) is 17.5 Å².